The lowest BCUT2D eigenvalue weighted by atomic mass is 10.2. The van der Waals surface area contributed by atoms with Gasteiger partial charge in [-0.1, -0.05) is 18.2 Å². The van der Waals surface area contributed by atoms with Gasteiger partial charge in [-0.15, -0.1) is 0 Å². The lowest BCUT2D eigenvalue weighted by Gasteiger charge is -2.29. The van der Waals surface area contributed by atoms with Crippen LogP contribution >= 0.6 is 0 Å². The average Bonchev–Trinajstić information content (AvgIpc) is 2.67. The number of ether oxygens (including phenoxy) is 3. The fourth-order valence-electron chi connectivity index (χ4n) is 2.62. The zero-order valence-corrected chi connectivity index (χ0v) is 15.2. The lowest BCUT2D eigenvalue weighted by molar-refractivity contribution is 0.0600. The minimum atomic E-state index is -3.79. The Labute approximate surface area is 152 Å². The molecular weight excluding hydrogens is 358 g/mol. The number of likely N-dealkylation sites (N-methyl/N-ethyl adjacent to an activating group) is 1. The molecule has 0 saturated carbocycles. The number of hydrogen-bond donors (Lipinski definition) is 0. The molecule has 0 unspecified atom stereocenters. The zero-order valence-electron chi connectivity index (χ0n) is 14.4. The van der Waals surface area contributed by atoms with Gasteiger partial charge in [-0.3, -0.25) is 0 Å². The SMILES string of the molecule is COC(=O)c1cccc(S(=O)(=O)N(C)C[C@@H]2COc3ccccc3O2)c1. The van der Waals surface area contributed by atoms with Crippen molar-refractivity contribution in [2.45, 2.75) is 11.0 Å². The van der Waals surface area contributed by atoms with E-state index in [-0.39, 0.29) is 23.6 Å². The molecule has 1 aliphatic rings. The molecule has 2 aromatic rings. The Balaban J connectivity index is 1.75. The molecule has 1 heterocycles. The van der Waals surface area contributed by atoms with E-state index >= 15 is 0 Å². The zero-order chi connectivity index (χ0) is 18.7. The van der Waals surface area contributed by atoms with Gasteiger partial charge in [0, 0.05) is 7.05 Å². The van der Waals surface area contributed by atoms with Crippen molar-refractivity contribution in [2.75, 3.05) is 27.3 Å². The van der Waals surface area contributed by atoms with Gasteiger partial charge in [-0.2, -0.15) is 4.31 Å². The van der Waals surface area contributed by atoms with Gasteiger partial charge in [0.05, 0.1) is 24.1 Å². The van der Waals surface area contributed by atoms with Crippen LogP contribution in [-0.4, -0.2) is 52.1 Å². The number of nitrogens with zero attached hydrogens (tertiary/aromatic N) is 1. The van der Waals surface area contributed by atoms with Crippen LogP contribution in [0.15, 0.2) is 53.4 Å². The third-order valence-electron chi connectivity index (χ3n) is 3.99. The fourth-order valence-corrected chi connectivity index (χ4v) is 3.87. The molecule has 0 amide bonds. The number of hydrogen-bond acceptors (Lipinski definition) is 6. The normalized spacial score (nSPS) is 16.3. The molecule has 1 aliphatic heterocycles. The first-order valence-electron chi connectivity index (χ1n) is 7.95. The van der Waals surface area contributed by atoms with Gasteiger partial charge < -0.3 is 14.2 Å². The second kappa shape index (κ2) is 7.35. The second-order valence-corrected chi connectivity index (χ2v) is 7.85. The van der Waals surface area contributed by atoms with E-state index in [9.17, 15) is 13.2 Å². The van der Waals surface area contributed by atoms with Gasteiger partial charge in [0.1, 0.15) is 12.7 Å². The van der Waals surface area contributed by atoms with E-state index in [0.29, 0.717) is 11.5 Å². The highest BCUT2D eigenvalue weighted by molar-refractivity contribution is 7.89. The number of benzene rings is 2. The van der Waals surface area contributed by atoms with Crippen LogP contribution in [0, 0.1) is 0 Å². The number of methoxy groups -OCH3 is 1. The van der Waals surface area contributed by atoms with Crippen LogP contribution in [0.25, 0.3) is 0 Å². The molecule has 1 atom stereocenters. The summed E-state index contributed by atoms with van der Waals surface area (Å²) in [5.74, 6) is 0.632. The minimum Gasteiger partial charge on any atom is -0.486 e. The summed E-state index contributed by atoms with van der Waals surface area (Å²) in [6.45, 7) is 0.359. The molecule has 2 aromatic carbocycles. The molecule has 26 heavy (non-hydrogen) atoms. The smallest absolute Gasteiger partial charge is 0.337 e. The van der Waals surface area contributed by atoms with E-state index < -0.39 is 22.1 Å². The quantitative estimate of drug-likeness (QED) is 0.741. The van der Waals surface area contributed by atoms with Gasteiger partial charge in [-0.05, 0) is 30.3 Å². The summed E-state index contributed by atoms with van der Waals surface area (Å²) in [7, 11) is -1.08. The van der Waals surface area contributed by atoms with E-state index in [0.717, 1.165) is 0 Å². The summed E-state index contributed by atoms with van der Waals surface area (Å²) in [4.78, 5) is 11.6. The third-order valence-corrected chi connectivity index (χ3v) is 5.81. The van der Waals surface area contributed by atoms with Crippen molar-refractivity contribution < 1.29 is 27.4 Å². The van der Waals surface area contributed by atoms with Crippen molar-refractivity contribution in [1.29, 1.82) is 0 Å². The predicted molar refractivity (Wildman–Crippen MR) is 94.0 cm³/mol. The molecular formula is C18H19NO6S. The molecule has 0 fully saturated rings. The van der Waals surface area contributed by atoms with Gasteiger partial charge in [0.15, 0.2) is 11.5 Å². The van der Waals surface area contributed by atoms with E-state index in [1.807, 2.05) is 12.1 Å². The maximum absolute atomic E-state index is 12.8. The summed E-state index contributed by atoms with van der Waals surface area (Å²) >= 11 is 0. The number of carbonyl (C=O) groups excluding carboxylic acids is 1. The topological polar surface area (TPSA) is 82.1 Å². The Morgan fingerprint density at radius 1 is 1.19 bits per heavy atom. The van der Waals surface area contributed by atoms with Gasteiger partial charge in [-0.25, -0.2) is 13.2 Å². The van der Waals surface area contributed by atoms with Crippen molar-refractivity contribution >= 4 is 16.0 Å². The molecule has 0 aromatic heterocycles. The Bertz CT molecular complexity index is 911. The monoisotopic (exact) mass is 377 g/mol. The Morgan fingerprint density at radius 3 is 2.65 bits per heavy atom. The minimum absolute atomic E-state index is 0.0139. The first kappa shape index (κ1) is 18.2. The maximum atomic E-state index is 12.8. The van der Waals surface area contributed by atoms with Gasteiger partial charge >= 0.3 is 5.97 Å². The molecule has 0 saturated heterocycles. The first-order valence-corrected chi connectivity index (χ1v) is 9.39. The summed E-state index contributed by atoms with van der Waals surface area (Å²) in [5.41, 5.74) is 0.174. The van der Waals surface area contributed by atoms with Crippen molar-refractivity contribution in [3.05, 3.63) is 54.1 Å². The van der Waals surface area contributed by atoms with Crippen LogP contribution in [-0.2, 0) is 14.8 Å². The number of fused-ring (bicyclic) bond motifs is 1. The number of rotatable bonds is 5. The first-order chi connectivity index (χ1) is 12.4. The highest BCUT2D eigenvalue weighted by atomic mass is 32.2. The third kappa shape index (κ3) is 3.66. The van der Waals surface area contributed by atoms with E-state index in [2.05, 4.69) is 4.74 Å². The summed E-state index contributed by atoms with van der Waals surface area (Å²) in [5, 5.41) is 0. The van der Waals surface area contributed by atoms with Gasteiger partial charge in [0.25, 0.3) is 0 Å². The van der Waals surface area contributed by atoms with Crippen LogP contribution < -0.4 is 9.47 Å². The van der Waals surface area contributed by atoms with E-state index in [4.69, 9.17) is 9.47 Å². The van der Waals surface area contributed by atoms with E-state index in [1.54, 1.807) is 12.1 Å². The molecule has 7 nitrogen and oxygen atoms in total. The van der Waals surface area contributed by atoms with Crippen molar-refractivity contribution in [1.82, 2.24) is 4.31 Å². The Hall–Kier alpha value is -2.58. The molecule has 0 aliphatic carbocycles. The van der Waals surface area contributed by atoms with Crippen molar-refractivity contribution in [3.8, 4) is 11.5 Å². The summed E-state index contributed by atoms with van der Waals surface area (Å²) in [6.07, 6.45) is -0.437. The Kier molecular flexibility index (Phi) is 5.15. The van der Waals surface area contributed by atoms with Crippen molar-refractivity contribution in [2.24, 2.45) is 0 Å². The predicted octanol–water partition coefficient (Wildman–Crippen LogP) is 1.93. The fraction of sp³-hybridized carbons (Fsp3) is 0.278. The highest BCUT2D eigenvalue weighted by Gasteiger charge is 2.28. The lowest BCUT2D eigenvalue weighted by Crippen LogP contribution is -2.41. The number of sulfonamides is 1. The van der Waals surface area contributed by atoms with Crippen LogP contribution in [0.3, 0.4) is 0 Å². The number of carbonyl (C=O) groups is 1. The molecule has 3 rings (SSSR count). The summed E-state index contributed by atoms with van der Waals surface area (Å²) < 4.78 is 42.8. The van der Waals surface area contributed by atoms with Crippen LogP contribution in [0.1, 0.15) is 10.4 Å². The van der Waals surface area contributed by atoms with Crippen molar-refractivity contribution in [3.63, 3.8) is 0 Å². The van der Waals surface area contributed by atoms with Gasteiger partial charge in [0.2, 0.25) is 10.0 Å². The molecule has 0 N–H and O–H groups in total. The number of esters is 1. The Morgan fingerprint density at radius 2 is 1.92 bits per heavy atom. The molecule has 0 spiro atoms. The van der Waals surface area contributed by atoms with E-state index in [1.165, 1.54) is 42.7 Å². The summed E-state index contributed by atoms with van der Waals surface area (Å²) in [6, 6.07) is 13.0. The van der Waals surface area contributed by atoms with Crippen LogP contribution in [0.2, 0.25) is 0 Å². The molecule has 0 radical (unpaired) electrons. The highest BCUT2D eigenvalue weighted by Crippen LogP contribution is 2.31. The number of para-hydroxylation sites is 2. The molecule has 8 heteroatoms. The molecule has 0 bridgehead atoms. The molecule has 138 valence electrons. The second-order valence-electron chi connectivity index (χ2n) is 5.80. The maximum Gasteiger partial charge on any atom is 0.337 e. The van der Waals surface area contributed by atoms with Crippen LogP contribution in [0.4, 0.5) is 0 Å². The largest absolute Gasteiger partial charge is 0.486 e. The average molecular weight is 377 g/mol. The van der Waals surface area contributed by atoms with Crippen LogP contribution in [0.5, 0.6) is 11.5 Å². The standard InChI is InChI=1S/C18H19NO6S/c1-19(11-14-12-24-16-8-3-4-9-17(16)25-14)26(21,22)15-7-5-6-13(10-15)18(20)23-2/h3-10,14H,11-12H2,1-2H3/t14-/m1/s1.